The number of nitrogens with zero attached hydrogens (tertiary/aromatic N) is 3. The molecule has 0 bridgehead atoms. The lowest BCUT2D eigenvalue weighted by Gasteiger charge is -2.06. The fourth-order valence-electron chi connectivity index (χ4n) is 1.67. The molecule has 0 amide bonds. The number of rotatable bonds is 6. The summed E-state index contributed by atoms with van der Waals surface area (Å²) in [6.45, 7) is 0. The number of hydrogen-bond donors (Lipinski definition) is 3. The van der Waals surface area contributed by atoms with Gasteiger partial charge in [0, 0.05) is 15.7 Å². The van der Waals surface area contributed by atoms with Crippen LogP contribution in [0.15, 0.2) is 17.3 Å². The Hall–Kier alpha value is -2.62. The molecule has 0 spiro atoms. The first-order valence-electron chi connectivity index (χ1n) is 6.01. The molecule has 2 aromatic rings. The van der Waals surface area contributed by atoms with Gasteiger partial charge in [-0.1, -0.05) is 11.8 Å². The minimum absolute atomic E-state index is 0.117. The number of nitrogens with one attached hydrogen (secondary N) is 1. The van der Waals surface area contributed by atoms with E-state index in [0.717, 1.165) is 11.8 Å². The minimum Gasteiger partial charge on any atom is -0.504 e. The first-order valence-corrected chi connectivity index (χ1v) is 7.00. The molecule has 0 atom stereocenters. The molecule has 9 nitrogen and oxygen atoms in total. The zero-order chi connectivity index (χ0) is 16.3. The SMILES string of the molecule is COc1cc([N+](C)=O)cc(-c2nc(SCC(=O)O)n[nH]2)c1O. The van der Waals surface area contributed by atoms with Crippen molar-refractivity contribution in [3.8, 4) is 22.9 Å². The number of aromatic hydroxyl groups is 1. The molecular formula is C12H13N4O5S+. The summed E-state index contributed by atoms with van der Waals surface area (Å²) in [6, 6.07) is 2.82. The Kier molecular flexibility index (Phi) is 4.61. The van der Waals surface area contributed by atoms with Crippen LogP contribution >= 0.6 is 11.8 Å². The highest BCUT2D eigenvalue weighted by Gasteiger charge is 2.21. The Morgan fingerprint density at radius 2 is 2.23 bits per heavy atom. The van der Waals surface area contributed by atoms with Crippen molar-refractivity contribution in [3.63, 3.8) is 0 Å². The molecule has 1 aromatic heterocycles. The van der Waals surface area contributed by atoms with E-state index in [1.165, 1.54) is 26.3 Å². The van der Waals surface area contributed by atoms with Crippen LogP contribution in [0.3, 0.4) is 0 Å². The largest absolute Gasteiger partial charge is 0.504 e. The number of H-pyrrole nitrogens is 1. The van der Waals surface area contributed by atoms with Crippen LogP contribution in [0.25, 0.3) is 11.4 Å². The van der Waals surface area contributed by atoms with Gasteiger partial charge in [0.15, 0.2) is 24.4 Å². The van der Waals surface area contributed by atoms with Crippen molar-refractivity contribution in [3.05, 3.63) is 17.0 Å². The average molecular weight is 325 g/mol. The smallest absolute Gasteiger partial charge is 0.313 e. The van der Waals surface area contributed by atoms with Crippen LogP contribution in [0.1, 0.15) is 0 Å². The number of carboxylic acid groups (broad SMARTS) is 1. The summed E-state index contributed by atoms with van der Waals surface area (Å²) < 4.78 is 5.64. The van der Waals surface area contributed by atoms with E-state index < -0.39 is 5.97 Å². The van der Waals surface area contributed by atoms with Gasteiger partial charge in [0.05, 0.1) is 24.5 Å². The van der Waals surface area contributed by atoms with Gasteiger partial charge >= 0.3 is 5.97 Å². The van der Waals surface area contributed by atoms with Gasteiger partial charge < -0.3 is 14.9 Å². The zero-order valence-corrected chi connectivity index (χ0v) is 12.5. The van der Waals surface area contributed by atoms with Gasteiger partial charge in [-0.3, -0.25) is 9.89 Å². The number of hydrogen-bond acceptors (Lipinski definition) is 7. The lowest BCUT2D eigenvalue weighted by Crippen LogP contribution is -1.97. The summed E-state index contributed by atoms with van der Waals surface area (Å²) >= 11 is 0.932. The van der Waals surface area contributed by atoms with Crippen molar-refractivity contribution >= 4 is 23.4 Å². The van der Waals surface area contributed by atoms with Crippen LogP contribution in [-0.4, -0.2) is 56.0 Å². The van der Waals surface area contributed by atoms with Crippen molar-refractivity contribution in [1.29, 1.82) is 0 Å². The number of nitroso groups, excluding NO2 is 1. The molecule has 0 aliphatic carbocycles. The maximum atomic E-state index is 11.5. The van der Waals surface area contributed by atoms with Crippen molar-refractivity contribution < 1.29 is 24.5 Å². The molecule has 0 aliphatic rings. The minimum atomic E-state index is -0.990. The van der Waals surface area contributed by atoms with E-state index in [4.69, 9.17) is 9.84 Å². The normalized spacial score (nSPS) is 10.5. The lowest BCUT2D eigenvalue weighted by atomic mass is 10.1. The third kappa shape index (κ3) is 3.34. The van der Waals surface area contributed by atoms with Gasteiger partial charge in [-0.25, -0.2) is 4.98 Å². The summed E-state index contributed by atoms with van der Waals surface area (Å²) in [6.07, 6.45) is 0. The fraction of sp³-hybridized carbons (Fsp3) is 0.250. The van der Waals surface area contributed by atoms with Gasteiger partial charge in [-0.15, -0.1) is 5.10 Å². The van der Waals surface area contributed by atoms with E-state index in [-0.39, 0.29) is 39.5 Å². The Morgan fingerprint density at radius 3 is 2.82 bits per heavy atom. The van der Waals surface area contributed by atoms with Crippen molar-refractivity contribution in [2.45, 2.75) is 5.16 Å². The van der Waals surface area contributed by atoms with E-state index >= 15 is 0 Å². The number of methoxy groups -OCH3 is 1. The van der Waals surface area contributed by atoms with Crippen molar-refractivity contribution in [2.75, 3.05) is 19.9 Å². The number of benzene rings is 1. The summed E-state index contributed by atoms with van der Waals surface area (Å²) in [5, 5.41) is 25.4. The number of carboxylic acids is 1. The number of aromatic nitrogens is 3. The van der Waals surface area contributed by atoms with Crippen LogP contribution in [0.5, 0.6) is 11.5 Å². The first kappa shape index (κ1) is 15.8. The second kappa shape index (κ2) is 6.43. The van der Waals surface area contributed by atoms with Gasteiger partial charge in [-0.2, -0.15) is 0 Å². The van der Waals surface area contributed by atoms with Crippen LogP contribution < -0.4 is 4.74 Å². The highest BCUT2D eigenvalue weighted by Crippen LogP contribution is 2.39. The molecule has 1 heterocycles. The third-order valence-electron chi connectivity index (χ3n) is 2.69. The number of phenols is 1. The van der Waals surface area contributed by atoms with Gasteiger partial charge in [0.1, 0.15) is 0 Å². The van der Waals surface area contributed by atoms with Gasteiger partial charge in [0.25, 0.3) is 5.69 Å². The van der Waals surface area contributed by atoms with Crippen LogP contribution in [0.4, 0.5) is 5.69 Å². The fourth-order valence-corrected chi connectivity index (χ4v) is 2.19. The predicted octanol–water partition coefficient (Wildman–Crippen LogP) is 1.40. The Morgan fingerprint density at radius 1 is 1.50 bits per heavy atom. The first-order chi connectivity index (χ1) is 10.4. The lowest BCUT2D eigenvalue weighted by molar-refractivity contribution is -0.428. The zero-order valence-electron chi connectivity index (χ0n) is 11.7. The molecule has 2 rings (SSSR count). The summed E-state index contributed by atoms with van der Waals surface area (Å²) in [5.41, 5.74) is 0.493. The average Bonchev–Trinajstić information content (AvgIpc) is 2.93. The Labute approximate surface area is 128 Å². The number of aliphatic carboxylic acids is 1. The quantitative estimate of drug-likeness (QED) is 0.537. The Bertz CT molecular complexity index is 730. The summed E-state index contributed by atoms with van der Waals surface area (Å²) in [7, 11) is 2.67. The molecule has 116 valence electrons. The van der Waals surface area contributed by atoms with E-state index in [1.807, 2.05) is 0 Å². The van der Waals surface area contributed by atoms with Crippen LogP contribution in [0.2, 0.25) is 0 Å². The van der Waals surface area contributed by atoms with E-state index in [9.17, 15) is 14.8 Å². The topological polar surface area (TPSA) is 128 Å². The second-order valence-electron chi connectivity index (χ2n) is 4.19. The molecule has 22 heavy (non-hydrogen) atoms. The Balaban J connectivity index is 2.41. The highest BCUT2D eigenvalue weighted by atomic mass is 32.2. The molecule has 0 saturated heterocycles. The number of phenolic OH excluding ortho intramolecular Hbond substituents is 1. The number of carbonyl (C=O) groups is 1. The monoisotopic (exact) mass is 325 g/mol. The van der Waals surface area contributed by atoms with E-state index in [1.54, 1.807) is 0 Å². The standard InChI is InChI=1S/C12H12N4O5S/c1-16(20)6-3-7(10(19)8(4-6)21-2)11-13-12(15-14-11)22-5-9(17)18/h3-4H,5H2,1-2H3,(H2-,13,14,15,17,18,19,20)/p+1. The van der Waals surface area contributed by atoms with Crippen molar-refractivity contribution in [1.82, 2.24) is 15.2 Å². The molecule has 0 saturated carbocycles. The molecule has 0 aliphatic heterocycles. The summed E-state index contributed by atoms with van der Waals surface area (Å²) in [5.74, 6) is -1.05. The molecule has 1 aromatic carbocycles. The maximum absolute atomic E-state index is 11.5. The molecule has 0 radical (unpaired) electrons. The third-order valence-corrected chi connectivity index (χ3v) is 3.52. The molecular weight excluding hydrogens is 312 g/mol. The molecule has 0 unspecified atom stereocenters. The van der Waals surface area contributed by atoms with E-state index in [0.29, 0.717) is 4.76 Å². The molecule has 10 heteroatoms. The molecule has 0 fully saturated rings. The summed E-state index contributed by atoms with van der Waals surface area (Å²) in [4.78, 5) is 26.1. The number of thioether (sulfide) groups is 1. The van der Waals surface area contributed by atoms with Crippen LogP contribution in [-0.2, 0) is 4.79 Å². The van der Waals surface area contributed by atoms with Crippen LogP contribution in [0, 0.1) is 4.91 Å². The number of ether oxygens (including phenoxy) is 1. The number of aromatic amines is 1. The maximum Gasteiger partial charge on any atom is 0.313 e. The van der Waals surface area contributed by atoms with Crippen molar-refractivity contribution in [2.24, 2.45) is 0 Å². The van der Waals surface area contributed by atoms with Gasteiger partial charge in [-0.05, 0) is 0 Å². The van der Waals surface area contributed by atoms with Gasteiger partial charge in [0.2, 0.25) is 5.16 Å². The van der Waals surface area contributed by atoms with E-state index in [2.05, 4.69) is 15.2 Å². The predicted molar refractivity (Wildman–Crippen MR) is 77.6 cm³/mol. The molecule has 3 N–H and O–H groups in total. The highest BCUT2D eigenvalue weighted by molar-refractivity contribution is 7.99. The second-order valence-corrected chi connectivity index (χ2v) is 5.13.